The molecule has 0 aliphatic heterocycles. The molecule has 2 aromatic rings. The van der Waals surface area contributed by atoms with Gasteiger partial charge in [0, 0.05) is 17.3 Å². The van der Waals surface area contributed by atoms with E-state index in [1.165, 1.54) is 0 Å². The smallest absolute Gasteiger partial charge is 0.253 e. The Morgan fingerprint density at radius 3 is 2.43 bits per heavy atom. The standard InChI is InChI=1S/C22H24ClN3O3S/c1-30-12-11-19(26-21(28)17-7-2-3-8-18(17)23)22(29)25-16-6-4-5-15(13-16)24-20(27)14-9-10-14/h2-8,13-14,19H,9-12H2,1H3,(H,24,27)(H,25,29)(H,26,28). The highest BCUT2D eigenvalue weighted by Crippen LogP contribution is 2.30. The van der Waals surface area contributed by atoms with Gasteiger partial charge in [-0.3, -0.25) is 14.4 Å². The van der Waals surface area contributed by atoms with Crippen molar-refractivity contribution in [1.82, 2.24) is 5.32 Å². The van der Waals surface area contributed by atoms with Gasteiger partial charge >= 0.3 is 0 Å². The minimum absolute atomic E-state index is 0.00308. The van der Waals surface area contributed by atoms with Crippen molar-refractivity contribution < 1.29 is 14.4 Å². The van der Waals surface area contributed by atoms with E-state index >= 15 is 0 Å². The van der Waals surface area contributed by atoms with Crippen LogP contribution in [0.15, 0.2) is 48.5 Å². The summed E-state index contributed by atoms with van der Waals surface area (Å²) in [6.07, 6.45) is 4.26. The van der Waals surface area contributed by atoms with Gasteiger partial charge in [0.25, 0.3) is 5.91 Å². The SMILES string of the molecule is CSCCC(NC(=O)c1ccccc1Cl)C(=O)Nc1cccc(NC(=O)C2CC2)c1. The fourth-order valence-corrected chi connectivity index (χ4v) is 3.57. The number of thioether (sulfide) groups is 1. The third-order valence-corrected chi connectivity index (χ3v) is 5.67. The molecule has 0 heterocycles. The highest BCUT2D eigenvalue weighted by atomic mass is 35.5. The van der Waals surface area contributed by atoms with Gasteiger partial charge in [-0.15, -0.1) is 0 Å². The van der Waals surface area contributed by atoms with Gasteiger partial charge in [-0.25, -0.2) is 0 Å². The minimum Gasteiger partial charge on any atom is -0.340 e. The quantitative estimate of drug-likeness (QED) is 0.540. The molecule has 3 rings (SSSR count). The van der Waals surface area contributed by atoms with Gasteiger partial charge in [0.1, 0.15) is 6.04 Å². The maximum atomic E-state index is 12.9. The Morgan fingerprint density at radius 2 is 1.77 bits per heavy atom. The Hall–Kier alpha value is -2.51. The average Bonchev–Trinajstić information content (AvgIpc) is 3.57. The number of carbonyl (C=O) groups is 3. The van der Waals surface area contributed by atoms with Gasteiger partial charge in [0.15, 0.2) is 0 Å². The summed E-state index contributed by atoms with van der Waals surface area (Å²) in [4.78, 5) is 37.4. The second-order valence-corrected chi connectivity index (χ2v) is 8.51. The predicted molar refractivity (Wildman–Crippen MR) is 122 cm³/mol. The summed E-state index contributed by atoms with van der Waals surface area (Å²) < 4.78 is 0. The third kappa shape index (κ3) is 6.24. The Labute approximate surface area is 185 Å². The van der Waals surface area contributed by atoms with Crippen LogP contribution in [0.4, 0.5) is 11.4 Å². The maximum absolute atomic E-state index is 12.9. The first kappa shape index (κ1) is 22.2. The van der Waals surface area contributed by atoms with Gasteiger partial charge in [0.2, 0.25) is 11.8 Å². The van der Waals surface area contributed by atoms with Crippen LogP contribution in [0.25, 0.3) is 0 Å². The molecule has 1 fully saturated rings. The summed E-state index contributed by atoms with van der Waals surface area (Å²) in [6.45, 7) is 0. The fourth-order valence-electron chi connectivity index (χ4n) is 2.88. The molecule has 3 amide bonds. The zero-order chi connectivity index (χ0) is 21.5. The van der Waals surface area contributed by atoms with Gasteiger partial charge < -0.3 is 16.0 Å². The molecule has 158 valence electrons. The van der Waals surface area contributed by atoms with Gasteiger partial charge in [-0.1, -0.05) is 29.8 Å². The fraction of sp³-hybridized carbons (Fsp3) is 0.318. The number of halogens is 1. The van der Waals surface area contributed by atoms with Crippen molar-refractivity contribution in [2.45, 2.75) is 25.3 Å². The van der Waals surface area contributed by atoms with E-state index < -0.39 is 11.9 Å². The summed E-state index contributed by atoms with van der Waals surface area (Å²) in [5.74, 6) is 0.0863. The lowest BCUT2D eigenvalue weighted by molar-refractivity contribution is -0.118. The molecular weight excluding hydrogens is 422 g/mol. The first-order valence-corrected chi connectivity index (χ1v) is 11.5. The van der Waals surface area contributed by atoms with Crippen LogP contribution in [0.3, 0.4) is 0 Å². The number of amides is 3. The minimum atomic E-state index is -0.717. The van der Waals surface area contributed by atoms with Crippen LogP contribution in [-0.2, 0) is 9.59 Å². The zero-order valence-corrected chi connectivity index (χ0v) is 18.2. The van der Waals surface area contributed by atoms with Gasteiger partial charge in [-0.05, 0) is 61.6 Å². The second-order valence-electron chi connectivity index (χ2n) is 7.12. The van der Waals surface area contributed by atoms with E-state index in [1.54, 1.807) is 60.3 Å². The molecule has 6 nitrogen and oxygen atoms in total. The topological polar surface area (TPSA) is 87.3 Å². The van der Waals surface area contributed by atoms with Crippen molar-refractivity contribution in [2.75, 3.05) is 22.6 Å². The number of hydrogen-bond donors (Lipinski definition) is 3. The summed E-state index contributed by atoms with van der Waals surface area (Å²) in [5.41, 5.74) is 1.51. The highest BCUT2D eigenvalue weighted by Gasteiger charge is 2.29. The lowest BCUT2D eigenvalue weighted by Crippen LogP contribution is -2.44. The van der Waals surface area contributed by atoms with Crippen LogP contribution in [0.1, 0.15) is 29.6 Å². The number of nitrogens with one attached hydrogen (secondary N) is 3. The summed E-state index contributed by atoms with van der Waals surface area (Å²) >= 11 is 7.69. The van der Waals surface area contributed by atoms with E-state index in [1.807, 2.05) is 6.26 Å². The van der Waals surface area contributed by atoms with Crippen LogP contribution in [0.5, 0.6) is 0 Å². The third-order valence-electron chi connectivity index (χ3n) is 4.70. The molecular formula is C22H24ClN3O3S. The molecule has 0 spiro atoms. The van der Waals surface area contributed by atoms with E-state index in [9.17, 15) is 14.4 Å². The molecule has 0 radical (unpaired) electrons. The van der Waals surface area contributed by atoms with Crippen molar-refractivity contribution >= 4 is 52.5 Å². The number of carbonyl (C=O) groups excluding carboxylic acids is 3. The first-order chi connectivity index (χ1) is 14.5. The van der Waals surface area contributed by atoms with Gasteiger partial charge in [0.05, 0.1) is 10.6 Å². The average molecular weight is 446 g/mol. The van der Waals surface area contributed by atoms with E-state index in [0.29, 0.717) is 34.1 Å². The molecule has 30 heavy (non-hydrogen) atoms. The Morgan fingerprint density at radius 1 is 1.07 bits per heavy atom. The Balaban J connectivity index is 1.66. The molecule has 1 aliphatic carbocycles. The maximum Gasteiger partial charge on any atom is 0.253 e. The molecule has 1 atom stereocenters. The van der Waals surface area contributed by atoms with Crippen molar-refractivity contribution in [3.8, 4) is 0 Å². The number of rotatable bonds is 9. The molecule has 1 saturated carbocycles. The number of anilines is 2. The lowest BCUT2D eigenvalue weighted by atomic mass is 10.1. The molecule has 3 N–H and O–H groups in total. The van der Waals surface area contributed by atoms with Crippen LogP contribution in [0, 0.1) is 5.92 Å². The van der Waals surface area contributed by atoms with Crippen molar-refractivity contribution in [2.24, 2.45) is 5.92 Å². The van der Waals surface area contributed by atoms with Crippen LogP contribution < -0.4 is 16.0 Å². The van der Waals surface area contributed by atoms with Crippen LogP contribution in [0.2, 0.25) is 5.02 Å². The predicted octanol–water partition coefficient (Wildman–Crippen LogP) is 4.18. The van der Waals surface area contributed by atoms with E-state index in [2.05, 4.69) is 16.0 Å². The van der Waals surface area contributed by atoms with Crippen LogP contribution in [-0.4, -0.2) is 35.8 Å². The summed E-state index contributed by atoms with van der Waals surface area (Å²) in [6, 6.07) is 13.0. The van der Waals surface area contributed by atoms with Crippen LogP contribution >= 0.6 is 23.4 Å². The lowest BCUT2D eigenvalue weighted by Gasteiger charge is -2.19. The highest BCUT2D eigenvalue weighted by molar-refractivity contribution is 7.98. The van der Waals surface area contributed by atoms with Crippen molar-refractivity contribution in [1.29, 1.82) is 0 Å². The molecule has 0 saturated heterocycles. The van der Waals surface area contributed by atoms with Gasteiger partial charge in [-0.2, -0.15) is 11.8 Å². The van der Waals surface area contributed by atoms with Crippen molar-refractivity contribution in [3.05, 3.63) is 59.1 Å². The molecule has 1 unspecified atom stereocenters. The summed E-state index contributed by atoms with van der Waals surface area (Å²) in [5, 5.41) is 8.81. The molecule has 1 aliphatic rings. The van der Waals surface area contributed by atoms with Crippen molar-refractivity contribution in [3.63, 3.8) is 0 Å². The van der Waals surface area contributed by atoms with E-state index in [0.717, 1.165) is 12.8 Å². The van der Waals surface area contributed by atoms with E-state index in [4.69, 9.17) is 11.6 Å². The first-order valence-electron chi connectivity index (χ1n) is 9.74. The van der Waals surface area contributed by atoms with E-state index in [-0.39, 0.29) is 17.7 Å². The zero-order valence-electron chi connectivity index (χ0n) is 16.6. The normalized spacial score (nSPS) is 13.9. The monoisotopic (exact) mass is 445 g/mol. The largest absolute Gasteiger partial charge is 0.340 e. The number of benzene rings is 2. The second kappa shape index (κ2) is 10.5. The number of hydrogen-bond acceptors (Lipinski definition) is 4. The Kier molecular flexibility index (Phi) is 7.76. The Bertz CT molecular complexity index is 933. The molecule has 0 aromatic heterocycles. The molecule has 8 heteroatoms. The molecule has 2 aromatic carbocycles. The summed E-state index contributed by atoms with van der Waals surface area (Å²) in [7, 11) is 0. The molecule has 0 bridgehead atoms.